The molecule has 4 rings (SSSR count). The minimum atomic E-state index is -4.56. The fraction of sp³-hybridized carbons (Fsp3) is 0.133. The van der Waals surface area contributed by atoms with Crippen molar-refractivity contribution >= 4 is 11.7 Å². The first-order valence-electron chi connectivity index (χ1n) is 11.5. The number of carbonyl (C=O) groups excluding carboxylic acids is 1. The van der Waals surface area contributed by atoms with E-state index in [2.05, 4.69) is 21.5 Å². The molecule has 37 heavy (non-hydrogen) atoms. The highest BCUT2D eigenvalue weighted by molar-refractivity contribution is 5.90. The number of aryl methyl sites for hydroxylation is 1. The number of urea groups is 1. The van der Waals surface area contributed by atoms with Gasteiger partial charge < -0.3 is 10.6 Å². The number of nitrogens with one attached hydrogen (secondary N) is 2. The summed E-state index contributed by atoms with van der Waals surface area (Å²) in [6, 6.07) is 25.6. The largest absolute Gasteiger partial charge is 0.416 e. The van der Waals surface area contributed by atoms with Crippen LogP contribution in [0.3, 0.4) is 0 Å². The van der Waals surface area contributed by atoms with Crippen molar-refractivity contribution in [1.82, 2.24) is 10.3 Å². The van der Waals surface area contributed by atoms with Crippen LogP contribution in [0.5, 0.6) is 0 Å². The number of pyridine rings is 1. The first-order valence-corrected chi connectivity index (χ1v) is 11.5. The predicted molar refractivity (Wildman–Crippen MR) is 138 cm³/mol. The van der Waals surface area contributed by atoms with Crippen molar-refractivity contribution in [2.75, 3.05) is 5.32 Å². The number of amides is 2. The van der Waals surface area contributed by atoms with Gasteiger partial charge in [-0.3, -0.25) is 4.98 Å². The molecule has 0 aliphatic heterocycles. The highest BCUT2D eigenvalue weighted by Gasteiger charge is 2.40. The van der Waals surface area contributed by atoms with Crippen molar-refractivity contribution < 1.29 is 18.0 Å². The maximum absolute atomic E-state index is 13.7. The van der Waals surface area contributed by atoms with Gasteiger partial charge in [0.05, 0.1) is 11.3 Å². The number of halogens is 3. The molecule has 186 valence electrons. The smallest absolute Gasteiger partial charge is 0.322 e. The predicted octanol–water partition coefficient (Wildman–Crippen LogP) is 6.70. The van der Waals surface area contributed by atoms with Crippen molar-refractivity contribution in [2.45, 2.75) is 25.1 Å². The SMILES string of the molecule is C#Cc1ccc(NC(=O)NC(Cc2ccccc2)(c2cccc(C(F)(F)F)c2)c2cccc(C)n2)cc1. The minimum absolute atomic E-state index is 0.162. The van der Waals surface area contributed by atoms with E-state index in [0.717, 1.165) is 17.7 Å². The summed E-state index contributed by atoms with van der Waals surface area (Å²) in [6.07, 6.45) is 1.01. The van der Waals surface area contributed by atoms with E-state index in [1.165, 1.54) is 6.07 Å². The zero-order chi connectivity index (χ0) is 26.5. The van der Waals surface area contributed by atoms with E-state index in [4.69, 9.17) is 6.42 Å². The van der Waals surface area contributed by atoms with Gasteiger partial charge in [0.2, 0.25) is 0 Å². The van der Waals surface area contributed by atoms with Gasteiger partial charge in [0.25, 0.3) is 0 Å². The Bertz CT molecular complexity index is 1430. The molecule has 2 amide bonds. The van der Waals surface area contributed by atoms with Gasteiger partial charge in [-0.25, -0.2) is 4.79 Å². The second-order valence-electron chi connectivity index (χ2n) is 8.61. The number of terminal acetylenes is 1. The van der Waals surface area contributed by atoms with Crippen LogP contribution in [0.25, 0.3) is 0 Å². The molecule has 0 aliphatic rings. The molecule has 2 N–H and O–H groups in total. The number of carbonyl (C=O) groups is 1. The monoisotopic (exact) mass is 499 g/mol. The summed E-state index contributed by atoms with van der Waals surface area (Å²) >= 11 is 0. The Balaban J connectivity index is 1.86. The number of aromatic nitrogens is 1. The highest BCUT2D eigenvalue weighted by atomic mass is 19.4. The van der Waals surface area contributed by atoms with Gasteiger partial charge in [0, 0.05) is 23.4 Å². The Morgan fingerprint density at radius 1 is 0.892 bits per heavy atom. The highest BCUT2D eigenvalue weighted by Crippen LogP contribution is 2.37. The molecular formula is C30H24F3N3O. The minimum Gasteiger partial charge on any atom is -0.322 e. The number of hydrogen-bond donors (Lipinski definition) is 2. The first-order chi connectivity index (χ1) is 17.7. The van der Waals surface area contributed by atoms with Crippen molar-refractivity contribution in [3.8, 4) is 12.3 Å². The van der Waals surface area contributed by atoms with Crippen LogP contribution in [0.4, 0.5) is 23.7 Å². The number of nitrogens with zero attached hydrogens (tertiary/aromatic N) is 1. The van der Waals surface area contributed by atoms with Gasteiger partial charge in [-0.15, -0.1) is 6.42 Å². The molecule has 1 aromatic heterocycles. The third-order valence-corrected chi connectivity index (χ3v) is 5.96. The summed E-state index contributed by atoms with van der Waals surface area (Å²) in [5.74, 6) is 2.51. The van der Waals surface area contributed by atoms with Gasteiger partial charge >= 0.3 is 12.2 Å². The second kappa shape index (κ2) is 10.6. The number of anilines is 1. The molecule has 1 heterocycles. The van der Waals surface area contributed by atoms with Gasteiger partial charge in [-0.1, -0.05) is 54.5 Å². The summed E-state index contributed by atoms with van der Waals surface area (Å²) < 4.78 is 41.2. The molecule has 0 saturated heterocycles. The first kappa shape index (κ1) is 25.5. The Labute approximate surface area is 213 Å². The standard InChI is InChI=1S/C30H24F3N3O/c1-3-22-15-17-26(18-16-22)35-28(37)36-29(20-23-10-5-4-6-11-23,27-14-7-9-21(2)34-27)24-12-8-13-25(19-24)30(31,32)33/h1,4-19H,20H2,2H3,(H2,35,36,37). The topological polar surface area (TPSA) is 54.0 Å². The van der Waals surface area contributed by atoms with Crippen LogP contribution in [0.1, 0.15) is 33.6 Å². The average Bonchev–Trinajstić information content (AvgIpc) is 2.89. The molecule has 0 radical (unpaired) electrons. The lowest BCUT2D eigenvalue weighted by atomic mass is 9.80. The molecule has 0 spiro atoms. The Hall–Kier alpha value is -4.57. The van der Waals surface area contributed by atoms with E-state index in [1.807, 2.05) is 30.3 Å². The molecule has 1 atom stereocenters. The molecule has 3 aromatic carbocycles. The van der Waals surface area contributed by atoms with Crippen LogP contribution in [-0.4, -0.2) is 11.0 Å². The Kier molecular flexibility index (Phi) is 7.30. The Morgan fingerprint density at radius 3 is 2.22 bits per heavy atom. The fourth-order valence-corrected chi connectivity index (χ4v) is 4.17. The van der Waals surface area contributed by atoms with Crippen LogP contribution in [0.15, 0.2) is 97.1 Å². The lowest BCUT2D eigenvalue weighted by molar-refractivity contribution is -0.137. The molecule has 0 aliphatic carbocycles. The van der Waals surface area contributed by atoms with Crippen molar-refractivity contribution in [3.05, 3.63) is 131 Å². The van der Waals surface area contributed by atoms with E-state index in [1.54, 1.807) is 55.5 Å². The molecule has 4 nitrogen and oxygen atoms in total. The van der Waals surface area contributed by atoms with Gasteiger partial charge in [-0.2, -0.15) is 13.2 Å². The lowest BCUT2D eigenvalue weighted by Crippen LogP contribution is -2.50. The summed E-state index contributed by atoms with van der Waals surface area (Å²) in [5.41, 5.74) is 1.02. The van der Waals surface area contributed by atoms with Crippen molar-refractivity contribution in [1.29, 1.82) is 0 Å². The fourth-order valence-electron chi connectivity index (χ4n) is 4.17. The lowest BCUT2D eigenvalue weighted by Gasteiger charge is -2.36. The average molecular weight is 500 g/mol. The van der Waals surface area contributed by atoms with E-state index >= 15 is 0 Å². The summed E-state index contributed by atoms with van der Waals surface area (Å²) in [5, 5.41) is 5.74. The van der Waals surface area contributed by atoms with Crippen LogP contribution in [-0.2, 0) is 18.1 Å². The third-order valence-electron chi connectivity index (χ3n) is 5.96. The molecule has 4 aromatic rings. The summed E-state index contributed by atoms with van der Waals surface area (Å²) in [6.45, 7) is 1.79. The quantitative estimate of drug-likeness (QED) is 0.290. The zero-order valence-electron chi connectivity index (χ0n) is 20.0. The maximum Gasteiger partial charge on any atom is 0.416 e. The van der Waals surface area contributed by atoms with Crippen LogP contribution in [0.2, 0.25) is 0 Å². The van der Waals surface area contributed by atoms with Crippen molar-refractivity contribution in [3.63, 3.8) is 0 Å². The number of rotatable bonds is 6. The third kappa shape index (κ3) is 5.99. The van der Waals surface area contributed by atoms with E-state index in [9.17, 15) is 18.0 Å². The van der Waals surface area contributed by atoms with Crippen LogP contribution in [0, 0.1) is 19.3 Å². The molecule has 7 heteroatoms. The molecule has 1 unspecified atom stereocenters. The zero-order valence-corrected chi connectivity index (χ0v) is 20.0. The second-order valence-corrected chi connectivity index (χ2v) is 8.61. The Morgan fingerprint density at radius 2 is 1.57 bits per heavy atom. The van der Waals surface area contributed by atoms with Crippen LogP contribution >= 0.6 is 0 Å². The number of alkyl halides is 3. The summed E-state index contributed by atoms with van der Waals surface area (Å²) in [7, 11) is 0. The maximum atomic E-state index is 13.7. The van der Waals surface area contributed by atoms with Crippen molar-refractivity contribution in [2.24, 2.45) is 0 Å². The molecular weight excluding hydrogens is 475 g/mol. The number of hydrogen-bond acceptors (Lipinski definition) is 2. The van der Waals surface area contributed by atoms with Gasteiger partial charge in [0.15, 0.2) is 0 Å². The van der Waals surface area contributed by atoms with Gasteiger partial charge in [0.1, 0.15) is 5.54 Å². The number of benzene rings is 3. The van der Waals surface area contributed by atoms with E-state index < -0.39 is 23.3 Å². The molecule has 0 fully saturated rings. The van der Waals surface area contributed by atoms with E-state index in [-0.39, 0.29) is 12.0 Å². The summed E-state index contributed by atoms with van der Waals surface area (Å²) in [4.78, 5) is 18.0. The molecule has 0 bridgehead atoms. The van der Waals surface area contributed by atoms with Gasteiger partial charge in [-0.05, 0) is 66.6 Å². The van der Waals surface area contributed by atoms with Crippen LogP contribution < -0.4 is 10.6 Å². The molecule has 0 saturated carbocycles. The normalized spacial score (nSPS) is 12.7. The van der Waals surface area contributed by atoms with E-state index in [0.29, 0.717) is 22.6 Å².